The van der Waals surface area contributed by atoms with Gasteiger partial charge in [-0.05, 0) is 48.5 Å². The van der Waals surface area contributed by atoms with Crippen molar-refractivity contribution in [1.82, 2.24) is 0 Å². The van der Waals surface area contributed by atoms with Crippen LogP contribution in [0.1, 0.15) is 21.7 Å². The van der Waals surface area contributed by atoms with Gasteiger partial charge in [0.2, 0.25) is 5.76 Å². The summed E-state index contributed by atoms with van der Waals surface area (Å²) in [5.74, 6) is -0.622. The second kappa shape index (κ2) is 6.76. The predicted molar refractivity (Wildman–Crippen MR) is 85.3 cm³/mol. The van der Waals surface area contributed by atoms with Gasteiger partial charge < -0.3 is 9.15 Å². The maximum atomic E-state index is 12.8. The van der Waals surface area contributed by atoms with E-state index < -0.39 is 17.7 Å². The van der Waals surface area contributed by atoms with Gasteiger partial charge in [0, 0.05) is 5.56 Å². The van der Waals surface area contributed by atoms with Crippen molar-refractivity contribution in [3.05, 3.63) is 77.6 Å². The third kappa shape index (κ3) is 3.75. The zero-order chi connectivity index (χ0) is 18.7. The third-order valence-electron chi connectivity index (χ3n) is 3.48. The molecule has 0 saturated heterocycles. The second-order valence-corrected chi connectivity index (χ2v) is 5.27. The standard InChI is InChI=1S/C19H10F3NO3/c20-19(21,22)14-3-1-2-13(10-14)16-8-9-17(26-16)18(24)25-15-6-4-12(11-23)5-7-15/h1-10H. The molecule has 0 saturated carbocycles. The van der Waals surface area contributed by atoms with E-state index in [2.05, 4.69) is 0 Å². The normalized spacial score (nSPS) is 11.0. The Hall–Kier alpha value is -3.53. The molecular formula is C19H10F3NO3. The number of benzene rings is 2. The van der Waals surface area contributed by atoms with Gasteiger partial charge in [0.15, 0.2) is 0 Å². The summed E-state index contributed by atoms with van der Waals surface area (Å²) >= 11 is 0. The molecule has 0 radical (unpaired) electrons. The minimum atomic E-state index is -4.47. The molecule has 1 heterocycles. The number of furan rings is 1. The average molecular weight is 357 g/mol. The first-order valence-electron chi connectivity index (χ1n) is 7.36. The first-order valence-corrected chi connectivity index (χ1v) is 7.36. The van der Waals surface area contributed by atoms with E-state index in [1.165, 1.54) is 48.5 Å². The van der Waals surface area contributed by atoms with Crippen molar-refractivity contribution in [3.63, 3.8) is 0 Å². The van der Waals surface area contributed by atoms with Crippen molar-refractivity contribution in [2.24, 2.45) is 0 Å². The fraction of sp³-hybridized carbons (Fsp3) is 0.0526. The van der Waals surface area contributed by atoms with Crippen molar-refractivity contribution in [2.75, 3.05) is 0 Å². The summed E-state index contributed by atoms with van der Waals surface area (Å²) in [4.78, 5) is 12.1. The van der Waals surface area contributed by atoms with Crippen LogP contribution in [-0.4, -0.2) is 5.97 Å². The molecular weight excluding hydrogens is 347 g/mol. The molecule has 0 aliphatic carbocycles. The Kier molecular flexibility index (Phi) is 4.50. The number of carbonyl (C=O) groups is 1. The monoisotopic (exact) mass is 357 g/mol. The molecule has 4 nitrogen and oxygen atoms in total. The molecule has 0 N–H and O–H groups in total. The Morgan fingerprint density at radius 1 is 1.04 bits per heavy atom. The number of nitriles is 1. The molecule has 0 unspecified atom stereocenters. The van der Waals surface area contributed by atoms with Crippen LogP contribution in [0.4, 0.5) is 13.2 Å². The van der Waals surface area contributed by atoms with Crippen molar-refractivity contribution in [3.8, 4) is 23.1 Å². The zero-order valence-corrected chi connectivity index (χ0v) is 13.1. The van der Waals surface area contributed by atoms with E-state index in [0.717, 1.165) is 12.1 Å². The van der Waals surface area contributed by atoms with Gasteiger partial charge in [-0.2, -0.15) is 18.4 Å². The van der Waals surface area contributed by atoms with E-state index >= 15 is 0 Å². The Morgan fingerprint density at radius 2 is 1.77 bits per heavy atom. The molecule has 3 aromatic rings. The van der Waals surface area contributed by atoms with Gasteiger partial charge in [0.25, 0.3) is 0 Å². The summed E-state index contributed by atoms with van der Waals surface area (Å²) in [5.41, 5.74) is -0.208. The molecule has 0 fully saturated rings. The van der Waals surface area contributed by atoms with Crippen LogP contribution in [0.5, 0.6) is 5.75 Å². The van der Waals surface area contributed by atoms with E-state index in [9.17, 15) is 18.0 Å². The SMILES string of the molecule is N#Cc1ccc(OC(=O)c2ccc(-c3cccc(C(F)(F)F)c3)o2)cc1. The number of ether oxygens (including phenoxy) is 1. The van der Waals surface area contributed by atoms with Gasteiger partial charge >= 0.3 is 12.1 Å². The lowest BCUT2D eigenvalue weighted by Crippen LogP contribution is -2.07. The molecule has 130 valence electrons. The van der Waals surface area contributed by atoms with Gasteiger partial charge in [-0.15, -0.1) is 0 Å². The highest BCUT2D eigenvalue weighted by molar-refractivity contribution is 5.88. The molecule has 7 heteroatoms. The van der Waals surface area contributed by atoms with Crippen molar-refractivity contribution >= 4 is 5.97 Å². The Labute approximate surface area is 146 Å². The molecule has 0 spiro atoms. The number of nitrogens with zero attached hydrogens (tertiary/aromatic N) is 1. The largest absolute Gasteiger partial charge is 0.449 e. The molecule has 3 rings (SSSR count). The summed E-state index contributed by atoms with van der Waals surface area (Å²) < 4.78 is 48.8. The molecule has 0 amide bonds. The highest BCUT2D eigenvalue weighted by Gasteiger charge is 2.30. The van der Waals surface area contributed by atoms with Crippen LogP contribution in [0.3, 0.4) is 0 Å². The van der Waals surface area contributed by atoms with E-state index in [1.54, 1.807) is 0 Å². The quantitative estimate of drug-likeness (QED) is 0.486. The van der Waals surface area contributed by atoms with Gasteiger partial charge in [-0.25, -0.2) is 4.79 Å². The fourth-order valence-electron chi connectivity index (χ4n) is 2.21. The molecule has 0 bridgehead atoms. The number of hydrogen-bond donors (Lipinski definition) is 0. The first kappa shape index (κ1) is 17.3. The summed E-state index contributed by atoms with van der Waals surface area (Å²) in [6, 6.07) is 15.1. The average Bonchev–Trinajstić information content (AvgIpc) is 3.12. The maximum Gasteiger partial charge on any atom is 0.416 e. The van der Waals surface area contributed by atoms with Crippen molar-refractivity contribution < 1.29 is 27.1 Å². The summed E-state index contributed by atoms with van der Waals surface area (Å²) in [6.07, 6.45) is -4.47. The van der Waals surface area contributed by atoms with Crippen molar-refractivity contribution in [2.45, 2.75) is 6.18 Å². The Morgan fingerprint density at radius 3 is 2.42 bits per heavy atom. The lowest BCUT2D eigenvalue weighted by Gasteiger charge is -2.07. The molecule has 2 aromatic carbocycles. The van der Waals surface area contributed by atoms with E-state index in [4.69, 9.17) is 14.4 Å². The van der Waals surface area contributed by atoms with E-state index in [1.807, 2.05) is 6.07 Å². The smallest absolute Gasteiger partial charge is 0.416 e. The van der Waals surface area contributed by atoms with Crippen LogP contribution in [0.15, 0.2) is 65.1 Å². The maximum absolute atomic E-state index is 12.8. The van der Waals surface area contributed by atoms with E-state index in [0.29, 0.717) is 5.56 Å². The number of rotatable bonds is 3. The number of alkyl halides is 3. The zero-order valence-electron chi connectivity index (χ0n) is 13.1. The number of carbonyl (C=O) groups excluding carboxylic acids is 1. The highest BCUT2D eigenvalue weighted by Crippen LogP contribution is 2.32. The summed E-state index contributed by atoms with van der Waals surface area (Å²) in [5, 5.41) is 8.73. The lowest BCUT2D eigenvalue weighted by molar-refractivity contribution is -0.137. The van der Waals surface area contributed by atoms with Crippen LogP contribution < -0.4 is 4.74 Å². The van der Waals surface area contributed by atoms with E-state index in [-0.39, 0.29) is 22.8 Å². The summed E-state index contributed by atoms with van der Waals surface area (Å²) in [6.45, 7) is 0. The van der Waals surface area contributed by atoms with Crippen molar-refractivity contribution in [1.29, 1.82) is 5.26 Å². The van der Waals surface area contributed by atoms with Crippen LogP contribution in [-0.2, 0) is 6.18 Å². The van der Waals surface area contributed by atoms with Crippen LogP contribution in [0.25, 0.3) is 11.3 Å². The Balaban J connectivity index is 1.79. The van der Waals surface area contributed by atoms with Crippen LogP contribution in [0.2, 0.25) is 0 Å². The first-order chi connectivity index (χ1) is 12.4. The number of hydrogen-bond acceptors (Lipinski definition) is 4. The van der Waals surface area contributed by atoms with Gasteiger partial charge in [-0.1, -0.05) is 12.1 Å². The second-order valence-electron chi connectivity index (χ2n) is 5.27. The topological polar surface area (TPSA) is 63.2 Å². The lowest BCUT2D eigenvalue weighted by atomic mass is 10.1. The molecule has 0 aliphatic heterocycles. The number of halogens is 3. The molecule has 1 aromatic heterocycles. The van der Waals surface area contributed by atoms with Gasteiger partial charge in [-0.3, -0.25) is 0 Å². The minimum Gasteiger partial charge on any atom is -0.449 e. The van der Waals surface area contributed by atoms with Gasteiger partial charge in [0.05, 0.1) is 17.2 Å². The Bertz CT molecular complexity index is 982. The minimum absolute atomic E-state index is 0.114. The molecule has 26 heavy (non-hydrogen) atoms. The van der Waals surface area contributed by atoms with Gasteiger partial charge in [0.1, 0.15) is 11.5 Å². The molecule has 0 aliphatic rings. The predicted octanol–water partition coefficient (Wildman–Crippen LogP) is 5.06. The highest BCUT2D eigenvalue weighted by atomic mass is 19.4. The third-order valence-corrected chi connectivity index (χ3v) is 3.48. The van der Waals surface area contributed by atoms with Crippen LogP contribution in [0, 0.1) is 11.3 Å². The van der Waals surface area contributed by atoms with Crippen LogP contribution >= 0.6 is 0 Å². The molecule has 0 atom stereocenters. The number of esters is 1. The summed E-state index contributed by atoms with van der Waals surface area (Å²) in [7, 11) is 0. The fourth-order valence-corrected chi connectivity index (χ4v) is 2.21.